The molecule has 2 aromatic carbocycles. The minimum atomic E-state index is -0.194. The first-order chi connectivity index (χ1) is 10.1. The Kier molecular flexibility index (Phi) is 5.87. The maximum atomic E-state index is 12.2. The molecule has 0 aliphatic carbocycles. The molecular formula is C16H15ClINO2. The summed E-state index contributed by atoms with van der Waals surface area (Å²) in [5.41, 5.74) is 1.23. The predicted octanol–water partition coefficient (Wildman–Crippen LogP) is 4.99. The Morgan fingerprint density at radius 3 is 2.81 bits per heavy atom. The minimum absolute atomic E-state index is 0.194. The normalized spacial score (nSPS) is 10.2. The van der Waals surface area contributed by atoms with Gasteiger partial charge in [0.25, 0.3) is 5.91 Å². The summed E-state index contributed by atoms with van der Waals surface area (Å²) < 4.78 is 6.46. The zero-order chi connectivity index (χ0) is 15.2. The van der Waals surface area contributed by atoms with Gasteiger partial charge in [-0.05, 0) is 59.3 Å². The Morgan fingerprint density at radius 2 is 2.10 bits per heavy atom. The monoisotopic (exact) mass is 415 g/mol. The number of anilines is 1. The van der Waals surface area contributed by atoms with Gasteiger partial charge in [-0.3, -0.25) is 4.79 Å². The van der Waals surface area contributed by atoms with Crippen molar-refractivity contribution in [3.05, 3.63) is 56.6 Å². The summed E-state index contributed by atoms with van der Waals surface area (Å²) in [4.78, 5) is 12.2. The molecule has 1 N–H and O–H groups in total. The SMILES string of the molecule is CCCOc1cccc(NC(=O)c2ccc(I)c(Cl)c2)c1. The average molecular weight is 416 g/mol. The first kappa shape index (κ1) is 16.1. The van der Waals surface area contributed by atoms with Crippen molar-refractivity contribution in [1.29, 1.82) is 0 Å². The molecule has 2 rings (SSSR count). The molecule has 0 spiro atoms. The number of hydrogen-bond donors (Lipinski definition) is 1. The number of amides is 1. The summed E-state index contributed by atoms with van der Waals surface area (Å²) in [6, 6.07) is 12.6. The van der Waals surface area contributed by atoms with Crippen molar-refractivity contribution < 1.29 is 9.53 Å². The number of ether oxygens (including phenoxy) is 1. The Hall–Kier alpha value is -1.27. The van der Waals surface area contributed by atoms with Crippen LogP contribution in [0.15, 0.2) is 42.5 Å². The lowest BCUT2D eigenvalue weighted by Gasteiger charge is -2.09. The van der Waals surface area contributed by atoms with Crippen LogP contribution in [0.1, 0.15) is 23.7 Å². The molecule has 0 saturated carbocycles. The molecule has 1 amide bonds. The standard InChI is InChI=1S/C16H15ClINO2/c1-2-8-21-13-5-3-4-12(10-13)19-16(20)11-6-7-15(18)14(17)9-11/h3-7,9-10H,2,8H2,1H3,(H,19,20). The summed E-state index contributed by atoms with van der Waals surface area (Å²) in [6.07, 6.45) is 0.942. The zero-order valence-electron chi connectivity index (χ0n) is 11.5. The van der Waals surface area contributed by atoms with Crippen molar-refractivity contribution in [3.8, 4) is 5.75 Å². The van der Waals surface area contributed by atoms with Crippen molar-refractivity contribution in [3.63, 3.8) is 0 Å². The molecule has 0 aliphatic heterocycles. The maximum Gasteiger partial charge on any atom is 0.255 e. The van der Waals surface area contributed by atoms with Crippen molar-refractivity contribution in [2.45, 2.75) is 13.3 Å². The van der Waals surface area contributed by atoms with E-state index in [0.29, 0.717) is 22.9 Å². The molecule has 110 valence electrons. The van der Waals surface area contributed by atoms with Gasteiger partial charge < -0.3 is 10.1 Å². The van der Waals surface area contributed by atoms with Crippen LogP contribution < -0.4 is 10.1 Å². The fraction of sp³-hybridized carbons (Fsp3) is 0.188. The fourth-order valence-electron chi connectivity index (χ4n) is 1.72. The van der Waals surface area contributed by atoms with E-state index in [0.717, 1.165) is 15.7 Å². The first-order valence-electron chi connectivity index (χ1n) is 6.59. The molecule has 0 radical (unpaired) electrons. The lowest BCUT2D eigenvalue weighted by atomic mass is 10.2. The Balaban J connectivity index is 2.10. The van der Waals surface area contributed by atoms with Gasteiger partial charge in [-0.25, -0.2) is 0 Å². The molecule has 0 unspecified atom stereocenters. The summed E-state index contributed by atoms with van der Waals surface area (Å²) >= 11 is 8.16. The molecule has 0 heterocycles. The van der Waals surface area contributed by atoms with Crippen molar-refractivity contribution in [2.24, 2.45) is 0 Å². The van der Waals surface area contributed by atoms with E-state index in [1.807, 2.05) is 37.3 Å². The van der Waals surface area contributed by atoms with Crippen molar-refractivity contribution in [2.75, 3.05) is 11.9 Å². The first-order valence-corrected chi connectivity index (χ1v) is 8.05. The van der Waals surface area contributed by atoms with E-state index in [4.69, 9.17) is 16.3 Å². The number of nitrogens with one attached hydrogen (secondary N) is 1. The lowest BCUT2D eigenvalue weighted by Crippen LogP contribution is -2.12. The molecule has 0 bridgehead atoms. The van der Waals surface area contributed by atoms with E-state index in [1.54, 1.807) is 12.1 Å². The van der Waals surface area contributed by atoms with Crippen LogP contribution in [-0.4, -0.2) is 12.5 Å². The second-order valence-electron chi connectivity index (χ2n) is 4.46. The van der Waals surface area contributed by atoms with E-state index in [1.165, 1.54) is 0 Å². The molecule has 0 saturated heterocycles. The molecule has 0 fully saturated rings. The van der Waals surface area contributed by atoms with E-state index >= 15 is 0 Å². The number of rotatable bonds is 5. The minimum Gasteiger partial charge on any atom is -0.494 e. The van der Waals surface area contributed by atoms with Crippen LogP contribution in [0.4, 0.5) is 5.69 Å². The second kappa shape index (κ2) is 7.66. The van der Waals surface area contributed by atoms with Crippen LogP contribution in [0.3, 0.4) is 0 Å². The molecule has 3 nitrogen and oxygen atoms in total. The molecule has 21 heavy (non-hydrogen) atoms. The average Bonchev–Trinajstić information content (AvgIpc) is 2.48. The maximum absolute atomic E-state index is 12.2. The van der Waals surface area contributed by atoms with Gasteiger partial charge in [0.05, 0.1) is 11.6 Å². The van der Waals surface area contributed by atoms with Gasteiger partial charge in [0, 0.05) is 20.9 Å². The number of carbonyl (C=O) groups excluding carboxylic acids is 1. The van der Waals surface area contributed by atoms with Gasteiger partial charge >= 0.3 is 0 Å². The largest absolute Gasteiger partial charge is 0.494 e. The topological polar surface area (TPSA) is 38.3 Å². The van der Waals surface area contributed by atoms with E-state index in [2.05, 4.69) is 27.9 Å². The summed E-state index contributed by atoms with van der Waals surface area (Å²) in [5, 5.41) is 3.41. The molecule has 2 aromatic rings. The summed E-state index contributed by atoms with van der Waals surface area (Å²) in [6.45, 7) is 2.70. The van der Waals surface area contributed by atoms with E-state index in [-0.39, 0.29) is 5.91 Å². The van der Waals surface area contributed by atoms with Gasteiger partial charge in [-0.2, -0.15) is 0 Å². The Morgan fingerprint density at radius 1 is 1.29 bits per heavy atom. The third kappa shape index (κ3) is 4.61. The number of benzene rings is 2. The smallest absolute Gasteiger partial charge is 0.255 e. The van der Waals surface area contributed by atoms with Gasteiger partial charge in [-0.1, -0.05) is 24.6 Å². The van der Waals surface area contributed by atoms with Gasteiger partial charge in [0.15, 0.2) is 0 Å². The van der Waals surface area contributed by atoms with E-state index in [9.17, 15) is 4.79 Å². The van der Waals surface area contributed by atoms with Crippen molar-refractivity contribution in [1.82, 2.24) is 0 Å². The van der Waals surface area contributed by atoms with Crippen molar-refractivity contribution >= 4 is 45.8 Å². The van der Waals surface area contributed by atoms with Crippen LogP contribution in [0.25, 0.3) is 0 Å². The highest BCUT2D eigenvalue weighted by atomic mass is 127. The molecule has 0 atom stereocenters. The fourth-order valence-corrected chi connectivity index (χ4v) is 2.24. The molecule has 0 aromatic heterocycles. The third-order valence-corrected chi connectivity index (χ3v) is 4.32. The van der Waals surface area contributed by atoms with Gasteiger partial charge in [0.1, 0.15) is 5.75 Å². The van der Waals surface area contributed by atoms with Gasteiger partial charge in [-0.15, -0.1) is 0 Å². The number of halogens is 2. The Labute approximate surface area is 142 Å². The Bertz CT molecular complexity index is 646. The number of carbonyl (C=O) groups is 1. The van der Waals surface area contributed by atoms with Crippen LogP contribution in [-0.2, 0) is 0 Å². The quantitative estimate of drug-likeness (QED) is 0.699. The highest BCUT2D eigenvalue weighted by Gasteiger charge is 2.08. The molecule has 5 heteroatoms. The second-order valence-corrected chi connectivity index (χ2v) is 6.03. The van der Waals surface area contributed by atoms with Crippen LogP contribution >= 0.6 is 34.2 Å². The molecular weight excluding hydrogens is 401 g/mol. The predicted molar refractivity (Wildman–Crippen MR) is 94.4 cm³/mol. The summed E-state index contributed by atoms with van der Waals surface area (Å²) in [7, 11) is 0. The van der Waals surface area contributed by atoms with Gasteiger partial charge in [0.2, 0.25) is 0 Å². The zero-order valence-corrected chi connectivity index (χ0v) is 14.4. The van der Waals surface area contributed by atoms with Crippen LogP contribution in [0.5, 0.6) is 5.75 Å². The third-order valence-electron chi connectivity index (χ3n) is 2.75. The lowest BCUT2D eigenvalue weighted by molar-refractivity contribution is 0.102. The van der Waals surface area contributed by atoms with Crippen LogP contribution in [0.2, 0.25) is 5.02 Å². The number of hydrogen-bond acceptors (Lipinski definition) is 2. The highest BCUT2D eigenvalue weighted by molar-refractivity contribution is 14.1. The van der Waals surface area contributed by atoms with E-state index < -0.39 is 0 Å². The summed E-state index contributed by atoms with van der Waals surface area (Å²) in [5.74, 6) is 0.552. The van der Waals surface area contributed by atoms with Crippen LogP contribution in [0, 0.1) is 3.57 Å². The molecule has 0 aliphatic rings. The highest BCUT2D eigenvalue weighted by Crippen LogP contribution is 2.21.